The van der Waals surface area contributed by atoms with Crippen molar-refractivity contribution in [3.05, 3.63) is 88.5 Å². The lowest BCUT2D eigenvalue weighted by molar-refractivity contribution is -0.385. The van der Waals surface area contributed by atoms with E-state index < -0.39 is 20.6 Å². The summed E-state index contributed by atoms with van der Waals surface area (Å²) in [6.07, 6.45) is 0. The van der Waals surface area contributed by atoms with Crippen LogP contribution in [-0.2, 0) is 10.0 Å². The van der Waals surface area contributed by atoms with Crippen molar-refractivity contribution >= 4 is 21.4 Å². The highest BCUT2D eigenvalue weighted by molar-refractivity contribution is 7.92. The number of sulfonamides is 1. The van der Waals surface area contributed by atoms with Crippen molar-refractivity contribution in [3.63, 3.8) is 0 Å². The second-order valence-corrected chi connectivity index (χ2v) is 7.96. The Balaban J connectivity index is 2.05. The highest BCUT2D eigenvalue weighted by atomic mass is 32.2. The normalized spacial score (nSPS) is 10.8. The first-order chi connectivity index (χ1) is 14.4. The number of benzene rings is 3. The van der Waals surface area contributed by atoms with Crippen LogP contribution in [-0.4, -0.2) is 19.9 Å². The maximum absolute atomic E-state index is 13.1. The number of para-hydroxylation sites is 2. The van der Waals surface area contributed by atoms with E-state index in [1.54, 1.807) is 49.4 Å². The fraction of sp³-hybridized carbons (Fsp3) is 0.0952. The quantitative estimate of drug-likeness (QED) is 0.409. The summed E-state index contributed by atoms with van der Waals surface area (Å²) in [6, 6.07) is 20.1. The Labute approximate surface area is 173 Å². The highest BCUT2D eigenvalue weighted by Gasteiger charge is 2.28. The molecule has 0 aromatic heterocycles. The molecule has 0 aliphatic heterocycles. The molecule has 0 fully saturated rings. The molecule has 0 heterocycles. The lowest BCUT2D eigenvalue weighted by Gasteiger charge is -2.23. The van der Waals surface area contributed by atoms with Gasteiger partial charge in [0.1, 0.15) is 11.8 Å². The molecular formula is C21H17N3O5S. The average Bonchev–Trinajstić information content (AvgIpc) is 2.75. The number of anilines is 1. The third kappa shape index (κ3) is 4.09. The maximum Gasteiger partial charge on any atom is 0.312 e. The molecule has 8 nitrogen and oxygen atoms in total. The number of hydrogen-bond acceptors (Lipinski definition) is 6. The van der Waals surface area contributed by atoms with Gasteiger partial charge in [-0.15, -0.1) is 0 Å². The van der Waals surface area contributed by atoms with E-state index in [1.807, 2.05) is 6.07 Å². The van der Waals surface area contributed by atoms with Crippen molar-refractivity contribution in [2.24, 2.45) is 0 Å². The van der Waals surface area contributed by atoms with Crippen LogP contribution < -0.4 is 9.04 Å². The van der Waals surface area contributed by atoms with Crippen molar-refractivity contribution in [1.29, 1.82) is 5.26 Å². The molecule has 0 unspecified atom stereocenters. The number of hydrogen-bond donors (Lipinski definition) is 0. The number of nitrogens with zero attached hydrogens (tertiary/aromatic N) is 3. The Morgan fingerprint density at radius 3 is 2.33 bits per heavy atom. The molecule has 30 heavy (non-hydrogen) atoms. The minimum absolute atomic E-state index is 0.137. The van der Waals surface area contributed by atoms with E-state index in [-0.39, 0.29) is 28.5 Å². The summed E-state index contributed by atoms with van der Waals surface area (Å²) in [6.45, 7) is 1.82. The van der Waals surface area contributed by atoms with Crippen LogP contribution in [0.25, 0.3) is 0 Å². The largest absolute Gasteiger partial charge is 0.449 e. The Morgan fingerprint density at radius 2 is 1.70 bits per heavy atom. The van der Waals surface area contributed by atoms with Crippen molar-refractivity contribution in [3.8, 4) is 17.6 Å². The van der Waals surface area contributed by atoms with Gasteiger partial charge in [-0.2, -0.15) is 5.26 Å². The van der Waals surface area contributed by atoms with Crippen LogP contribution in [0.1, 0.15) is 12.5 Å². The van der Waals surface area contributed by atoms with E-state index in [2.05, 4.69) is 0 Å². The number of rotatable bonds is 7. The highest BCUT2D eigenvalue weighted by Crippen LogP contribution is 2.35. The van der Waals surface area contributed by atoms with Gasteiger partial charge in [-0.1, -0.05) is 30.3 Å². The number of nitro groups is 1. The summed E-state index contributed by atoms with van der Waals surface area (Å²) in [5.41, 5.74) is 0.128. The van der Waals surface area contributed by atoms with Gasteiger partial charge in [0.15, 0.2) is 0 Å². The van der Waals surface area contributed by atoms with Crippen LogP contribution in [0.15, 0.2) is 77.7 Å². The SMILES string of the molecule is CCN(c1ccccc1)S(=O)(=O)c1ccc(Oc2ccccc2C#N)c([N+](=O)[O-])c1. The Bertz CT molecular complexity index is 1220. The molecule has 0 amide bonds. The molecule has 0 aliphatic carbocycles. The second kappa shape index (κ2) is 8.63. The third-order valence-electron chi connectivity index (χ3n) is 4.27. The predicted octanol–water partition coefficient (Wildman–Crippen LogP) is 4.47. The van der Waals surface area contributed by atoms with Gasteiger partial charge in [-0.05, 0) is 43.3 Å². The summed E-state index contributed by atoms with van der Waals surface area (Å²) >= 11 is 0. The molecule has 0 bridgehead atoms. The van der Waals surface area contributed by atoms with Gasteiger partial charge in [0.05, 0.1) is 21.1 Å². The maximum atomic E-state index is 13.1. The van der Waals surface area contributed by atoms with Crippen molar-refractivity contribution < 1.29 is 18.1 Å². The minimum Gasteiger partial charge on any atom is -0.449 e. The van der Waals surface area contributed by atoms with E-state index in [1.165, 1.54) is 24.3 Å². The predicted molar refractivity (Wildman–Crippen MR) is 111 cm³/mol. The fourth-order valence-corrected chi connectivity index (χ4v) is 4.36. The number of nitriles is 1. The van der Waals surface area contributed by atoms with Gasteiger partial charge in [-0.25, -0.2) is 8.42 Å². The van der Waals surface area contributed by atoms with E-state index >= 15 is 0 Å². The molecule has 3 aromatic rings. The van der Waals surface area contributed by atoms with E-state index in [0.29, 0.717) is 5.69 Å². The van der Waals surface area contributed by atoms with E-state index in [4.69, 9.17) is 4.74 Å². The zero-order chi connectivity index (χ0) is 21.7. The van der Waals surface area contributed by atoms with Gasteiger partial charge in [-0.3, -0.25) is 14.4 Å². The third-order valence-corrected chi connectivity index (χ3v) is 6.17. The topological polar surface area (TPSA) is 114 Å². The van der Waals surface area contributed by atoms with Crippen LogP contribution in [0, 0.1) is 21.4 Å². The number of ether oxygens (including phenoxy) is 1. The second-order valence-electron chi connectivity index (χ2n) is 6.10. The van der Waals surface area contributed by atoms with Gasteiger partial charge in [0.25, 0.3) is 10.0 Å². The molecule has 0 saturated heterocycles. The van der Waals surface area contributed by atoms with E-state index in [0.717, 1.165) is 10.4 Å². The molecular weight excluding hydrogens is 406 g/mol. The first-order valence-corrected chi connectivity index (χ1v) is 10.4. The van der Waals surface area contributed by atoms with Crippen LogP contribution in [0.5, 0.6) is 11.5 Å². The van der Waals surface area contributed by atoms with Gasteiger partial charge in [0, 0.05) is 12.6 Å². The molecule has 0 atom stereocenters. The zero-order valence-electron chi connectivity index (χ0n) is 15.9. The lowest BCUT2D eigenvalue weighted by Crippen LogP contribution is -2.30. The average molecular weight is 423 g/mol. The van der Waals surface area contributed by atoms with Gasteiger partial charge < -0.3 is 4.74 Å². The Hall–Kier alpha value is -3.90. The summed E-state index contributed by atoms with van der Waals surface area (Å²) in [5.74, 6) is -0.0254. The van der Waals surface area contributed by atoms with Crippen molar-refractivity contribution in [2.75, 3.05) is 10.8 Å². The van der Waals surface area contributed by atoms with Gasteiger partial charge in [0.2, 0.25) is 5.75 Å². The first-order valence-electron chi connectivity index (χ1n) is 8.91. The minimum atomic E-state index is -4.04. The Morgan fingerprint density at radius 1 is 1.03 bits per heavy atom. The summed E-state index contributed by atoms with van der Waals surface area (Å²) < 4.78 is 33.0. The zero-order valence-corrected chi connectivity index (χ0v) is 16.7. The van der Waals surface area contributed by atoms with Crippen LogP contribution in [0.3, 0.4) is 0 Å². The van der Waals surface area contributed by atoms with Crippen LogP contribution in [0.4, 0.5) is 11.4 Å². The molecule has 9 heteroatoms. The van der Waals surface area contributed by atoms with Crippen molar-refractivity contribution in [2.45, 2.75) is 11.8 Å². The molecule has 0 spiro atoms. The fourth-order valence-electron chi connectivity index (χ4n) is 2.87. The lowest BCUT2D eigenvalue weighted by atomic mass is 10.2. The molecule has 0 N–H and O–H groups in total. The summed E-state index contributed by atoms with van der Waals surface area (Å²) in [5, 5.41) is 20.8. The smallest absolute Gasteiger partial charge is 0.312 e. The molecule has 0 radical (unpaired) electrons. The molecule has 0 saturated carbocycles. The molecule has 152 valence electrons. The first kappa shape index (κ1) is 20.8. The standard InChI is InChI=1S/C21H17N3O5S/c1-2-23(17-9-4-3-5-10-17)30(27,28)18-12-13-21(19(14-18)24(25)26)29-20-11-7-6-8-16(20)15-22/h3-14H,2H2,1H3. The monoisotopic (exact) mass is 423 g/mol. The molecule has 3 aromatic carbocycles. The van der Waals surface area contributed by atoms with Crippen LogP contribution in [0.2, 0.25) is 0 Å². The number of nitro benzene ring substituents is 1. The Kier molecular flexibility index (Phi) is 5.99. The summed E-state index contributed by atoms with van der Waals surface area (Å²) in [4.78, 5) is 10.7. The molecule has 0 aliphatic rings. The molecule has 3 rings (SSSR count). The summed E-state index contributed by atoms with van der Waals surface area (Å²) in [7, 11) is -4.04. The van der Waals surface area contributed by atoms with Gasteiger partial charge >= 0.3 is 5.69 Å². The van der Waals surface area contributed by atoms with Crippen molar-refractivity contribution in [1.82, 2.24) is 0 Å². The van der Waals surface area contributed by atoms with E-state index in [9.17, 15) is 23.8 Å². The van der Waals surface area contributed by atoms with Crippen LogP contribution >= 0.6 is 0 Å².